The predicted molar refractivity (Wildman–Crippen MR) is 73.5 cm³/mol. The number of hydrogen-bond acceptors (Lipinski definition) is 4. The molecule has 0 aliphatic carbocycles. The zero-order valence-corrected chi connectivity index (χ0v) is 12.1. The van der Waals surface area contributed by atoms with Crippen molar-refractivity contribution in [2.45, 2.75) is 25.8 Å². The van der Waals surface area contributed by atoms with Crippen LogP contribution in [0, 0.1) is 12.9 Å². The number of aromatic nitrogens is 2. The molecule has 0 aromatic carbocycles. The lowest BCUT2D eigenvalue weighted by molar-refractivity contribution is 0.0709. The molecule has 3 rings (SSSR count). The van der Waals surface area contributed by atoms with Crippen LogP contribution in [0.4, 0.5) is 4.39 Å². The summed E-state index contributed by atoms with van der Waals surface area (Å²) in [6.07, 6.45) is 1.60. The van der Waals surface area contributed by atoms with Gasteiger partial charge in [-0.15, -0.1) is 0 Å². The molecule has 0 spiro atoms. The van der Waals surface area contributed by atoms with Crippen LogP contribution in [0.3, 0.4) is 0 Å². The summed E-state index contributed by atoms with van der Waals surface area (Å²) in [6.45, 7) is 2.36. The van der Waals surface area contributed by atoms with Gasteiger partial charge < -0.3 is 9.42 Å². The number of aryl methyl sites for hydroxylation is 1. The average Bonchev–Trinajstić information content (AvgIpc) is 3.06. The molecule has 1 fully saturated rings. The summed E-state index contributed by atoms with van der Waals surface area (Å²) >= 11 is 5.61. The van der Waals surface area contributed by atoms with Gasteiger partial charge in [0.25, 0.3) is 5.91 Å². The Morgan fingerprint density at radius 2 is 2.33 bits per heavy atom. The van der Waals surface area contributed by atoms with Gasteiger partial charge in [0.05, 0.1) is 17.3 Å². The highest BCUT2D eigenvalue weighted by molar-refractivity contribution is 6.29. The third-order valence-corrected chi connectivity index (χ3v) is 3.74. The van der Waals surface area contributed by atoms with E-state index in [-0.39, 0.29) is 16.8 Å². The van der Waals surface area contributed by atoms with Crippen LogP contribution in [0.2, 0.25) is 5.15 Å². The number of likely N-dealkylation sites (tertiary alicyclic amines) is 1. The van der Waals surface area contributed by atoms with Crippen molar-refractivity contribution in [2.24, 2.45) is 0 Å². The van der Waals surface area contributed by atoms with Gasteiger partial charge in [0.1, 0.15) is 5.15 Å². The lowest BCUT2D eigenvalue weighted by Gasteiger charge is -2.22. The van der Waals surface area contributed by atoms with Crippen LogP contribution in [0.25, 0.3) is 0 Å². The minimum absolute atomic E-state index is 0.0212. The van der Waals surface area contributed by atoms with E-state index in [9.17, 15) is 9.18 Å². The van der Waals surface area contributed by atoms with Gasteiger partial charge in [-0.3, -0.25) is 4.79 Å². The Kier molecular flexibility index (Phi) is 3.63. The SMILES string of the molecule is Cc1cc([C@H]2CCCN2C(=O)c2ccc(Cl)nc2F)on1. The fraction of sp³-hybridized carbons (Fsp3) is 0.357. The Labute approximate surface area is 125 Å². The second-order valence-corrected chi connectivity index (χ2v) is 5.39. The molecule has 2 aromatic heterocycles. The summed E-state index contributed by atoms with van der Waals surface area (Å²) in [6, 6.07) is 4.34. The lowest BCUT2D eigenvalue weighted by Crippen LogP contribution is -2.31. The van der Waals surface area contributed by atoms with E-state index in [1.807, 2.05) is 6.92 Å². The van der Waals surface area contributed by atoms with Gasteiger partial charge in [-0.2, -0.15) is 4.39 Å². The smallest absolute Gasteiger partial charge is 0.259 e. The third kappa shape index (κ3) is 2.63. The molecule has 1 saturated heterocycles. The highest BCUT2D eigenvalue weighted by Crippen LogP contribution is 2.33. The third-order valence-electron chi connectivity index (χ3n) is 3.53. The summed E-state index contributed by atoms with van der Waals surface area (Å²) in [5.41, 5.74) is 0.672. The molecule has 0 unspecified atom stereocenters. The van der Waals surface area contributed by atoms with Gasteiger partial charge in [0.2, 0.25) is 5.95 Å². The molecule has 0 radical (unpaired) electrons. The number of carbonyl (C=O) groups is 1. The second kappa shape index (κ2) is 5.44. The largest absolute Gasteiger partial charge is 0.359 e. The van der Waals surface area contributed by atoms with Crippen LogP contribution in [0.15, 0.2) is 22.7 Å². The molecule has 1 amide bonds. The van der Waals surface area contributed by atoms with Crippen LogP contribution in [-0.2, 0) is 0 Å². The first kappa shape index (κ1) is 14.0. The molecule has 7 heteroatoms. The lowest BCUT2D eigenvalue weighted by atomic mass is 10.1. The van der Waals surface area contributed by atoms with E-state index in [1.165, 1.54) is 12.1 Å². The fourth-order valence-corrected chi connectivity index (χ4v) is 2.71. The van der Waals surface area contributed by atoms with E-state index in [0.717, 1.165) is 18.5 Å². The normalized spacial score (nSPS) is 18.2. The molecule has 0 N–H and O–H groups in total. The maximum atomic E-state index is 13.8. The number of nitrogens with zero attached hydrogens (tertiary/aromatic N) is 3. The van der Waals surface area contributed by atoms with E-state index in [0.29, 0.717) is 12.3 Å². The summed E-state index contributed by atoms with van der Waals surface area (Å²) in [7, 11) is 0. The molecule has 5 nitrogen and oxygen atoms in total. The first-order valence-electron chi connectivity index (χ1n) is 6.62. The Morgan fingerprint density at radius 1 is 1.52 bits per heavy atom. The Balaban J connectivity index is 1.89. The molecule has 2 aromatic rings. The molecule has 1 aliphatic heterocycles. The van der Waals surface area contributed by atoms with E-state index < -0.39 is 11.9 Å². The van der Waals surface area contributed by atoms with Gasteiger partial charge in [0.15, 0.2) is 5.76 Å². The quantitative estimate of drug-likeness (QED) is 0.800. The fourth-order valence-electron chi connectivity index (χ4n) is 2.57. The number of amides is 1. The Bertz CT molecular complexity index is 689. The van der Waals surface area contributed by atoms with Crippen LogP contribution in [0.1, 0.15) is 40.7 Å². The summed E-state index contributed by atoms with van der Waals surface area (Å²) < 4.78 is 19.0. The summed E-state index contributed by atoms with van der Waals surface area (Å²) in [5, 5.41) is 3.86. The minimum Gasteiger partial charge on any atom is -0.359 e. The first-order valence-corrected chi connectivity index (χ1v) is 7.00. The molecule has 1 atom stereocenters. The molecular weight excluding hydrogens is 297 g/mol. The van der Waals surface area contributed by atoms with Crippen molar-refractivity contribution in [3.8, 4) is 0 Å². The van der Waals surface area contributed by atoms with Crippen LogP contribution in [-0.4, -0.2) is 27.5 Å². The summed E-state index contributed by atoms with van der Waals surface area (Å²) in [5.74, 6) is -0.638. The molecule has 21 heavy (non-hydrogen) atoms. The minimum atomic E-state index is -0.855. The predicted octanol–water partition coefficient (Wildman–Crippen LogP) is 3.15. The number of halogens is 2. The standard InChI is InChI=1S/C14H13ClFN3O2/c1-8-7-11(21-18-8)10-3-2-6-19(10)14(20)9-4-5-12(15)17-13(9)16/h4-5,7,10H,2-3,6H2,1H3/t10-/m1/s1. The number of pyridine rings is 1. The Hall–Kier alpha value is -1.95. The van der Waals surface area contributed by atoms with Crippen molar-refractivity contribution < 1.29 is 13.7 Å². The molecule has 0 bridgehead atoms. The second-order valence-electron chi connectivity index (χ2n) is 5.00. The van der Waals surface area contributed by atoms with Crippen molar-refractivity contribution in [1.29, 1.82) is 0 Å². The zero-order chi connectivity index (χ0) is 15.0. The highest BCUT2D eigenvalue weighted by atomic mass is 35.5. The van der Waals surface area contributed by atoms with Crippen molar-refractivity contribution in [2.75, 3.05) is 6.54 Å². The topological polar surface area (TPSA) is 59.2 Å². The molecule has 1 aliphatic rings. The van der Waals surface area contributed by atoms with Gasteiger partial charge >= 0.3 is 0 Å². The number of rotatable bonds is 2. The van der Waals surface area contributed by atoms with Gasteiger partial charge in [0, 0.05) is 12.6 Å². The van der Waals surface area contributed by atoms with Gasteiger partial charge in [-0.1, -0.05) is 16.8 Å². The van der Waals surface area contributed by atoms with E-state index in [4.69, 9.17) is 16.1 Å². The zero-order valence-electron chi connectivity index (χ0n) is 11.3. The molecular formula is C14H13ClFN3O2. The molecule has 3 heterocycles. The number of hydrogen-bond donors (Lipinski definition) is 0. The van der Waals surface area contributed by atoms with E-state index in [2.05, 4.69) is 10.1 Å². The average molecular weight is 310 g/mol. The van der Waals surface area contributed by atoms with Crippen molar-refractivity contribution in [3.63, 3.8) is 0 Å². The number of carbonyl (C=O) groups excluding carboxylic acids is 1. The van der Waals surface area contributed by atoms with E-state index >= 15 is 0 Å². The summed E-state index contributed by atoms with van der Waals surface area (Å²) in [4.78, 5) is 17.6. The molecule has 110 valence electrons. The Morgan fingerprint density at radius 3 is 3.00 bits per heavy atom. The van der Waals surface area contributed by atoms with E-state index in [1.54, 1.807) is 11.0 Å². The van der Waals surface area contributed by atoms with Gasteiger partial charge in [-0.05, 0) is 31.9 Å². The van der Waals surface area contributed by atoms with Crippen molar-refractivity contribution >= 4 is 17.5 Å². The van der Waals surface area contributed by atoms with Crippen LogP contribution in [0.5, 0.6) is 0 Å². The highest BCUT2D eigenvalue weighted by Gasteiger charge is 2.34. The first-order chi connectivity index (χ1) is 10.1. The maximum Gasteiger partial charge on any atom is 0.259 e. The molecule has 0 saturated carbocycles. The van der Waals surface area contributed by atoms with Crippen molar-refractivity contribution in [3.05, 3.63) is 46.3 Å². The van der Waals surface area contributed by atoms with Crippen LogP contribution >= 0.6 is 11.6 Å². The maximum absolute atomic E-state index is 13.8. The monoisotopic (exact) mass is 309 g/mol. The van der Waals surface area contributed by atoms with Crippen molar-refractivity contribution in [1.82, 2.24) is 15.0 Å². The van der Waals surface area contributed by atoms with Crippen LogP contribution < -0.4 is 0 Å². The van der Waals surface area contributed by atoms with Gasteiger partial charge in [-0.25, -0.2) is 4.98 Å².